The van der Waals surface area contributed by atoms with Gasteiger partial charge in [0.15, 0.2) is 5.82 Å². The standard InChI is InChI=1S/C10H16N6/c1-6(2)15-5-8(4-13-15)9-10(11)16(12)7(3)14-9/h4-6H,11-12H2,1-3H3. The van der Waals surface area contributed by atoms with E-state index in [1.165, 1.54) is 4.68 Å². The second-order valence-corrected chi connectivity index (χ2v) is 4.07. The molecule has 2 rings (SSSR count). The molecule has 0 aliphatic rings. The summed E-state index contributed by atoms with van der Waals surface area (Å²) in [4.78, 5) is 4.31. The fourth-order valence-electron chi connectivity index (χ4n) is 1.52. The lowest BCUT2D eigenvalue weighted by Crippen LogP contribution is -2.13. The molecular weight excluding hydrogens is 204 g/mol. The molecule has 2 heterocycles. The number of hydrogen-bond donors (Lipinski definition) is 2. The minimum Gasteiger partial charge on any atom is -0.382 e. The number of aryl methyl sites for hydroxylation is 1. The molecule has 6 heteroatoms. The fourth-order valence-corrected chi connectivity index (χ4v) is 1.52. The van der Waals surface area contributed by atoms with Crippen molar-refractivity contribution in [2.45, 2.75) is 26.8 Å². The summed E-state index contributed by atoms with van der Waals surface area (Å²) in [7, 11) is 0. The van der Waals surface area contributed by atoms with E-state index in [0.29, 0.717) is 23.4 Å². The van der Waals surface area contributed by atoms with Gasteiger partial charge in [-0.15, -0.1) is 0 Å². The van der Waals surface area contributed by atoms with Crippen molar-refractivity contribution >= 4 is 5.82 Å². The van der Waals surface area contributed by atoms with E-state index < -0.39 is 0 Å². The summed E-state index contributed by atoms with van der Waals surface area (Å²) >= 11 is 0. The molecule has 0 saturated carbocycles. The highest BCUT2D eigenvalue weighted by Crippen LogP contribution is 2.24. The number of rotatable bonds is 2. The van der Waals surface area contributed by atoms with Gasteiger partial charge >= 0.3 is 0 Å². The van der Waals surface area contributed by atoms with E-state index in [9.17, 15) is 0 Å². The molecule has 6 nitrogen and oxygen atoms in total. The molecule has 0 unspecified atom stereocenters. The van der Waals surface area contributed by atoms with E-state index in [1.54, 1.807) is 6.20 Å². The Morgan fingerprint density at radius 2 is 2.06 bits per heavy atom. The fraction of sp³-hybridized carbons (Fsp3) is 0.400. The zero-order valence-corrected chi connectivity index (χ0v) is 9.68. The number of nitrogens with zero attached hydrogens (tertiary/aromatic N) is 4. The Morgan fingerprint density at radius 1 is 1.38 bits per heavy atom. The van der Waals surface area contributed by atoms with Gasteiger partial charge in [0, 0.05) is 17.8 Å². The predicted octanol–water partition coefficient (Wildman–Crippen LogP) is 0.932. The molecule has 0 aliphatic carbocycles. The van der Waals surface area contributed by atoms with Crippen molar-refractivity contribution in [3.05, 3.63) is 18.2 Å². The van der Waals surface area contributed by atoms with Crippen LogP contribution in [0.4, 0.5) is 5.82 Å². The van der Waals surface area contributed by atoms with Crippen molar-refractivity contribution in [3.63, 3.8) is 0 Å². The molecule has 0 atom stereocenters. The van der Waals surface area contributed by atoms with Crippen LogP contribution in [0.1, 0.15) is 25.7 Å². The summed E-state index contributed by atoms with van der Waals surface area (Å²) in [5.74, 6) is 6.85. The van der Waals surface area contributed by atoms with Crippen molar-refractivity contribution in [3.8, 4) is 11.3 Å². The molecule has 0 aliphatic heterocycles. The summed E-state index contributed by atoms with van der Waals surface area (Å²) in [6.45, 7) is 5.94. The second-order valence-electron chi connectivity index (χ2n) is 4.07. The first-order valence-electron chi connectivity index (χ1n) is 5.15. The van der Waals surface area contributed by atoms with Gasteiger partial charge in [-0.1, -0.05) is 0 Å². The number of anilines is 1. The maximum absolute atomic E-state index is 5.86. The number of hydrogen-bond acceptors (Lipinski definition) is 4. The van der Waals surface area contributed by atoms with Gasteiger partial charge in [0.2, 0.25) is 0 Å². The Labute approximate surface area is 93.8 Å². The maximum Gasteiger partial charge on any atom is 0.150 e. The highest BCUT2D eigenvalue weighted by Gasteiger charge is 2.14. The Hall–Kier alpha value is -1.98. The van der Waals surface area contributed by atoms with E-state index in [-0.39, 0.29) is 0 Å². The average Bonchev–Trinajstić information content (AvgIpc) is 2.79. The second kappa shape index (κ2) is 3.55. The Balaban J connectivity index is 2.46. The van der Waals surface area contributed by atoms with Crippen molar-refractivity contribution in [1.82, 2.24) is 19.4 Å². The third kappa shape index (κ3) is 1.52. The molecule has 0 bridgehead atoms. The minimum atomic E-state index is 0.316. The molecule has 2 aromatic heterocycles. The average molecular weight is 220 g/mol. The summed E-state index contributed by atoms with van der Waals surface area (Å²) in [6, 6.07) is 0.316. The van der Waals surface area contributed by atoms with Crippen molar-refractivity contribution in [2.75, 3.05) is 11.6 Å². The molecule has 4 N–H and O–H groups in total. The molecular formula is C10H16N6. The van der Waals surface area contributed by atoms with Crippen LogP contribution < -0.4 is 11.6 Å². The zero-order chi connectivity index (χ0) is 11.9. The van der Waals surface area contributed by atoms with Gasteiger partial charge in [-0.3, -0.25) is 4.68 Å². The molecule has 0 aromatic carbocycles. The minimum absolute atomic E-state index is 0.316. The number of imidazole rings is 1. The molecule has 16 heavy (non-hydrogen) atoms. The summed E-state index contributed by atoms with van der Waals surface area (Å²) in [5, 5.41) is 4.24. The van der Waals surface area contributed by atoms with Gasteiger partial charge < -0.3 is 11.6 Å². The number of aromatic nitrogens is 4. The lowest BCUT2D eigenvalue weighted by Gasteiger charge is -2.02. The van der Waals surface area contributed by atoms with E-state index in [0.717, 1.165) is 5.56 Å². The normalized spacial score (nSPS) is 11.2. The predicted molar refractivity (Wildman–Crippen MR) is 63.1 cm³/mol. The van der Waals surface area contributed by atoms with Gasteiger partial charge in [0.1, 0.15) is 11.5 Å². The number of nitrogens with two attached hydrogens (primary N) is 2. The topological polar surface area (TPSA) is 87.7 Å². The summed E-state index contributed by atoms with van der Waals surface area (Å²) in [6.07, 6.45) is 3.67. The quantitative estimate of drug-likeness (QED) is 0.737. The SMILES string of the molecule is Cc1nc(-c2cnn(C(C)C)c2)c(N)n1N. The number of nitrogen functional groups attached to an aromatic ring is 2. The molecule has 0 spiro atoms. The molecule has 0 radical (unpaired) electrons. The zero-order valence-electron chi connectivity index (χ0n) is 9.68. The van der Waals surface area contributed by atoms with Gasteiger partial charge in [0.05, 0.1) is 6.20 Å². The monoisotopic (exact) mass is 220 g/mol. The lowest BCUT2D eigenvalue weighted by molar-refractivity contribution is 0.532. The maximum atomic E-state index is 5.86. The first-order valence-corrected chi connectivity index (χ1v) is 5.15. The first kappa shape index (κ1) is 10.5. The Bertz CT molecular complexity index is 507. The molecule has 0 fully saturated rings. The van der Waals surface area contributed by atoms with Crippen molar-refractivity contribution in [1.29, 1.82) is 0 Å². The van der Waals surface area contributed by atoms with E-state index in [1.807, 2.05) is 17.8 Å². The molecule has 0 saturated heterocycles. The van der Waals surface area contributed by atoms with Crippen molar-refractivity contribution in [2.24, 2.45) is 0 Å². The summed E-state index contributed by atoms with van der Waals surface area (Å²) < 4.78 is 3.24. The van der Waals surface area contributed by atoms with Crippen LogP contribution in [0.5, 0.6) is 0 Å². The highest BCUT2D eigenvalue weighted by atomic mass is 15.4. The van der Waals surface area contributed by atoms with E-state index in [2.05, 4.69) is 23.9 Å². The third-order valence-electron chi connectivity index (χ3n) is 2.53. The molecule has 86 valence electrons. The van der Waals surface area contributed by atoms with E-state index >= 15 is 0 Å². The molecule has 2 aromatic rings. The van der Waals surface area contributed by atoms with Crippen LogP contribution in [0.25, 0.3) is 11.3 Å². The third-order valence-corrected chi connectivity index (χ3v) is 2.53. The van der Waals surface area contributed by atoms with Crippen LogP contribution in [0.15, 0.2) is 12.4 Å². The van der Waals surface area contributed by atoms with E-state index in [4.69, 9.17) is 11.6 Å². The van der Waals surface area contributed by atoms with Gasteiger partial charge in [-0.25, -0.2) is 9.66 Å². The summed E-state index contributed by atoms with van der Waals surface area (Å²) in [5.41, 5.74) is 7.43. The van der Waals surface area contributed by atoms with Crippen LogP contribution in [-0.4, -0.2) is 19.4 Å². The molecule has 0 amide bonds. The smallest absolute Gasteiger partial charge is 0.150 e. The van der Waals surface area contributed by atoms with Gasteiger partial charge in [-0.05, 0) is 20.8 Å². The van der Waals surface area contributed by atoms with Crippen molar-refractivity contribution < 1.29 is 0 Å². The Kier molecular flexibility index (Phi) is 2.34. The first-order chi connectivity index (χ1) is 7.50. The van der Waals surface area contributed by atoms with Gasteiger partial charge in [0.25, 0.3) is 0 Å². The van der Waals surface area contributed by atoms with Crippen LogP contribution in [-0.2, 0) is 0 Å². The highest BCUT2D eigenvalue weighted by molar-refractivity contribution is 5.69. The van der Waals surface area contributed by atoms with Crippen LogP contribution in [0, 0.1) is 6.92 Å². The van der Waals surface area contributed by atoms with Crippen LogP contribution in [0.3, 0.4) is 0 Å². The largest absolute Gasteiger partial charge is 0.382 e. The van der Waals surface area contributed by atoms with Crippen LogP contribution >= 0.6 is 0 Å². The Morgan fingerprint density at radius 3 is 2.50 bits per heavy atom. The lowest BCUT2D eigenvalue weighted by atomic mass is 10.2. The van der Waals surface area contributed by atoms with Crippen LogP contribution in [0.2, 0.25) is 0 Å². The van der Waals surface area contributed by atoms with Gasteiger partial charge in [-0.2, -0.15) is 5.10 Å².